The summed E-state index contributed by atoms with van der Waals surface area (Å²) in [5.41, 5.74) is 4.61. The molecule has 7 rings (SSSR count). The zero-order valence-electron chi connectivity index (χ0n) is 25.9. The van der Waals surface area contributed by atoms with Gasteiger partial charge in [-0.3, -0.25) is 14.5 Å². The van der Waals surface area contributed by atoms with Crippen molar-refractivity contribution >= 4 is 17.8 Å². The van der Waals surface area contributed by atoms with Crippen LogP contribution in [-0.4, -0.2) is 67.4 Å². The molecular formula is C36H47N3O4. The van der Waals surface area contributed by atoms with E-state index in [1.807, 2.05) is 29.2 Å². The van der Waals surface area contributed by atoms with Crippen molar-refractivity contribution < 1.29 is 19.1 Å². The number of amides is 2. The average Bonchev–Trinajstić information content (AvgIpc) is 2.99. The Bertz CT molecular complexity index is 1280. The summed E-state index contributed by atoms with van der Waals surface area (Å²) in [6, 6.07) is 16.3. The molecule has 43 heavy (non-hydrogen) atoms. The first-order chi connectivity index (χ1) is 20.8. The Morgan fingerprint density at radius 3 is 2.16 bits per heavy atom. The lowest BCUT2D eigenvalue weighted by Gasteiger charge is -2.56. The number of carbonyl (C=O) groups excluding carboxylic acids is 3. The summed E-state index contributed by atoms with van der Waals surface area (Å²) in [5, 5.41) is 2.99. The second-order valence-corrected chi connectivity index (χ2v) is 14.0. The van der Waals surface area contributed by atoms with E-state index in [9.17, 15) is 14.4 Å². The summed E-state index contributed by atoms with van der Waals surface area (Å²) in [4.78, 5) is 42.0. The Balaban J connectivity index is 0.957. The molecule has 0 spiro atoms. The van der Waals surface area contributed by atoms with Gasteiger partial charge in [-0.2, -0.15) is 0 Å². The molecule has 0 radical (unpaired) electrons. The molecule has 2 amide bonds. The van der Waals surface area contributed by atoms with E-state index in [1.54, 1.807) is 0 Å². The molecule has 5 fully saturated rings. The van der Waals surface area contributed by atoms with Gasteiger partial charge in [-0.25, -0.2) is 4.79 Å². The van der Waals surface area contributed by atoms with Crippen LogP contribution >= 0.6 is 0 Å². The number of nitrogens with zero attached hydrogens (tertiary/aromatic N) is 2. The third kappa shape index (κ3) is 6.98. The van der Waals surface area contributed by atoms with Gasteiger partial charge in [-0.1, -0.05) is 43.3 Å². The van der Waals surface area contributed by atoms with Crippen LogP contribution in [-0.2, 0) is 27.3 Å². The molecule has 1 saturated heterocycles. The van der Waals surface area contributed by atoms with Gasteiger partial charge in [0.15, 0.2) is 0 Å². The number of hydrogen-bond acceptors (Lipinski definition) is 5. The molecule has 4 bridgehead atoms. The Hall–Kier alpha value is -3.19. The lowest BCUT2D eigenvalue weighted by atomic mass is 9.49. The number of carbonyl (C=O) groups is 3. The second-order valence-electron chi connectivity index (χ2n) is 14.0. The fraction of sp³-hybridized carbons (Fsp3) is 0.583. The predicted molar refractivity (Wildman–Crippen MR) is 166 cm³/mol. The molecule has 7 heteroatoms. The van der Waals surface area contributed by atoms with Gasteiger partial charge in [0.1, 0.15) is 0 Å². The highest BCUT2D eigenvalue weighted by Crippen LogP contribution is 2.61. The largest absolute Gasteiger partial charge is 0.465 e. The number of rotatable bonds is 10. The van der Waals surface area contributed by atoms with Crippen molar-refractivity contribution in [2.45, 2.75) is 70.8 Å². The third-order valence-electron chi connectivity index (χ3n) is 10.8. The maximum Gasteiger partial charge on any atom is 0.337 e. The zero-order chi connectivity index (χ0) is 30.0. The first kappa shape index (κ1) is 29.9. The highest BCUT2D eigenvalue weighted by molar-refractivity contribution is 5.89. The summed E-state index contributed by atoms with van der Waals surface area (Å²) < 4.78 is 4.82. The van der Waals surface area contributed by atoms with Crippen LogP contribution < -0.4 is 5.32 Å². The van der Waals surface area contributed by atoms with Crippen molar-refractivity contribution in [3.8, 4) is 0 Å². The molecule has 0 aromatic heterocycles. The van der Waals surface area contributed by atoms with E-state index in [1.165, 1.54) is 62.3 Å². The summed E-state index contributed by atoms with van der Waals surface area (Å²) >= 11 is 0. The minimum Gasteiger partial charge on any atom is -0.465 e. The number of esters is 1. The Morgan fingerprint density at radius 2 is 1.53 bits per heavy atom. The molecule has 230 valence electrons. The summed E-state index contributed by atoms with van der Waals surface area (Å²) in [7, 11) is 1.40. The van der Waals surface area contributed by atoms with E-state index in [4.69, 9.17) is 4.74 Å². The zero-order valence-corrected chi connectivity index (χ0v) is 25.9. The molecule has 4 aliphatic carbocycles. The van der Waals surface area contributed by atoms with Gasteiger partial charge in [0.25, 0.3) is 0 Å². The predicted octanol–water partition coefficient (Wildman–Crippen LogP) is 5.19. The minimum absolute atomic E-state index is 0.0331. The van der Waals surface area contributed by atoms with Crippen LogP contribution in [0.25, 0.3) is 0 Å². The first-order valence-corrected chi connectivity index (χ1v) is 16.3. The molecule has 1 unspecified atom stereocenters. The maximum atomic E-state index is 13.0. The molecule has 1 N–H and O–H groups in total. The standard InChI is InChI=1S/C36H47N3O4/c1-25(15-26-7-9-30(10-8-26)35(42)43-2)32-6-4-3-5-31(32)24-38-11-13-39(14-12-38)34(41)23-37-33(40)22-36-19-27-16-28(20-36)18-29(17-27)21-36/h3-10,25,27-29H,11-24H2,1-2H3,(H,37,40). The molecule has 5 aliphatic rings. The number of benzene rings is 2. The van der Waals surface area contributed by atoms with E-state index in [-0.39, 0.29) is 29.7 Å². The number of ether oxygens (including phenoxy) is 1. The van der Waals surface area contributed by atoms with Gasteiger partial charge in [0.2, 0.25) is 11.8 Å². The first-order valence-electron chi connectivity index (χ1n) is 16.3. The average molecular weight is 586 g/mol. The Labute approximate surface area is 256 Å². The Morgan fingerprint density at radius 1 is 0.907 bits per heavy atom. The van der Waals surface area contributed by atoms with Crippen LogP contribution in [0.5, 0.6) is 0 Å². The van der Waals surface area contributed by atoms with E-state index in [2.05, 4.69) is 41.4 Å². The van der Waals surface area contributed by atoms with Gasteiger partial charge in [0.05, 0.1) is 19.2 Å². The van der Waals surface area contributed by atoms with Crippen molar-refractivity contribution in [2.24, 2.45) is 23.2 Å². The normalized spacial score (nSPS) is 27.1. The van der Waals surface area contributed by atoms with Gasteiger partial charge in [-0.05, 0) is 103 Å². The molecule has 1 heterocycles. The molecule has 1 aliphatic heterocycles. The molecule has 4 saturated carbocycles. The number of piperazine rings is 1. The lowest BCUT2D eigenvalue weighted by Crippen LogP contribution is -2.51. The molecule has 2 aromatic rings. The SMILES string of the molecule is COC(=O)c1ccc(CC(C)c2ccccc2CN2CCN(C(=O)CNC(=O)CC34CC5CC(CC(C5)C3)C4)CC2)cc1. The van der Waals surface area contributed by atoms with Crippen LogP contribution in [0.1, 0.15) is 84.8 Å². The number of methoxy groups -OCH3 is 1. The van der Waals surface area contributed by atoms with Crippen molar-refractivity contribution in [2.75, 3.05) is 39.8 Å². The van der Waals surface area contributed by atoms with Crippen molar-refractivity contribution in [1.82, 2.24) is 15.1 Å². The van der Waals surface area contributed by atoms with E-state index >= 15 is 0 Å². The molecular weight excluding hydrogens is 538 g/mol. The van der Waals surface area contributed by atoms with E-state index < -0.39 is 0 Å². The van der Waals surface area contributed by atoms with E-state index in [0.717, 1.165) is 43.8 Å². The van der Waals surface area contributed by atoms with Crippen LogP contribution in [0.4, 0.5) is 0 Å². The molecule has 1 atom stereocenters. The van der Waals surface area contributed by atoms with Crippen molar-refractivity contribution in [3.63, 3.8) is 0 Å². The van der Waals surface area contributed by atoms with Crippen LogP contribution in [0.3, 0.4) is 0 Å². The topological polar surface area (TPSA) is 79.0 Å². The van der Waals surface area contributed by atoms with Gasteiger partial charge >= 0.3 is 5.97 Å². The fourth-order valence-corrected chi connectivity index (χ4v) is 9.11. The second kappa shape index (κ2) is 12.8. The summed E-state index contributed by atoms with van der Waals surface area (Å²) in [6.07, 6.45) is 9.28. The Kier molecular flexibility index (Phi) is 8.90. The lowest BCUT2D eigenvalue weighted by molar-refractivity contribution is -0.136. The minimum atomic E-state index is -0.316. The smallest absolute Gasteiger partial charge is 0.337 e. The van der Waals surface area contributed by atoms with Crippen LogP contribution in [0.15, 0.2) is 48.5 Å². The summed E-state index contributed by atoms with van der Waals surface area (Å²) in [5.74, 6) is 2.61. The molecule has 7 nitrogen and oxygen atoms in total. The third-order valence-corrected chi connectivity index (χ3v) is 10.8. The maximum absolute atomic E-state index is 13.0. The van der Waals surface area contributed by atoms with Crippen LogP contribution in [0.2, 0.25) is 0 Å². The van der Waals surface area contributed by atoms with E-state index in [0.29, 0.717) is 31.0 Å². The van der Waals surface area contributed by atoms with Gasteiger partial charge < -0.3 is 15.0 Å². The number of nitrogens with one attached hydrogen (secondary N) is 1. The van der Waals surface area contributed by atoms with Gasteiger partial charge in [-0.15, -0.1) is 0 Å². The highest BCUT2D eigenvalue weighted by Gasteiger charge is 2.51. The van der Waals surface area contributed by atoms with Crippen molar-refractivity contribution in [3.05, 3.63) is 70.8 Å². The van der Waals surface area contributed by atoms with Crippen molar-refractivity contribution in [1.29, 1.82) is 0 Å². The quantitative estimate of drug-likeness (QED) is 0.389. The van der Waals surface area contributed by atoms with Crippen LogP contribution in [0, 0.1) is 23.2 Å². The summed E-state index contributed by atoms with van der Waals surface area (Å²) in [6.45, 7) is 6.25. The monoisotopic (exact) mass is 585 g/mol. The molecule has 2 aromatic carbocycles. The highest BCUT2D eigenvalue weighted by atomic mass is 16.5. The van der Waals surface area contributed by atoms with Gasteiger partial charge in [0, 0.05) is 39.1 Å². The fourth-order valence-electron chi connectivity index (χ4n) is 9.11. The number of hydrogen-bond donors (Lipinski definition) is 1.